The highest BCUT2D eigenvalue weighted by atomic mass is 35.5. The van der Waals surface area contributed by atoms with Crippen molar-refractivity contribution in [2.24, 2.45) is 0 Å². The van der Waals surface area contributed by atoms with Crippen LogP contribution < -0.4 is 5.32 Å². The zero-order valence-electron chi connectivity index (χ0n) is 9.43. The Morgan fingerprint density at radius 1 is 1.20 bits per heavy atom. The zero-order valence-corrected chi connectivity index (χ0v) is 10.2. The number of benzene rings is 1. The second kappa shape index (κ2) is 7.72. The lowest BCUT2D eigenvalue weighted by Gasteiger charge is -2.03. The first-order valence-corrected chi connectivity index (χ1v) is 6.16. The largest absolute Gasteiger partial charge is 0.317 e. The molecule has 2 heteroatoms. The van der Waals surface area contributed by atoms with Gasteiger partial charge in [0.15, 0.2) is 0 Å². The third kappa shape index (κ3) is 5.81. The average molecular weight is 226 g/mol. The van der Waals surface area contributed by atoms with Crippen LogP contribution in [-0.4, -0.2) is 13.1 Å². The van der Waals surface area contributed by atoms with Gasteiger partial charge in [0, 0.05) is 5.02 Å². The normalized spacial score (nSPS) is 10.5. The summed E-state index contributed by atoms with van der Waals surface area (Å²) in [6.45, 7) is 4.46. The molecule has 1 nitrogen and oxygen atoms in total. The molecule has 0 aliphatic rings. The Hall–Kier alpha value is -0.530. The van der Waals surface area contributed by atoms with Crippen LogP contribution in [0.15, 0.2) is 24.3 Å². The molecule has 0 saturated heterocycles. The van der Waals surface area contributed by atoms with Crippen molar-refractivity contribution in [1.29, 1.82) is 0 Å². The zero-order chi connectivity index (χ0) is 10.9. The van der Waals surface area contributed by atoms with Crippen molar-refractivity contribution in [3.05, 3.63) is 34.9 Å². The molecule has 0 heterocycles. The van der Waals surface area contributed by atoms with Crippen LogP contribution >= 0.6 is 11.6 Å². The molecule has 0 unspecified atom stereocenters. The summed E-state index contributed by atoms with van der Waals surface area (Å²) in [6, 6.07) is 8.15. The van der Waals surface area contributed by atoms with Gasteiger partial charge < -0.3 is 5.32 Å². The van der Waals surface area contributed by atoms with Crippen molar-refractivity contribution in [1.82, 2.24) is 5.32 Å². The van der Waals surface area contributed by atoms with Gasteiger partial charge in [0.2, 0.25) is 0 Å². The third-order valence-corrected chi connectivity index (χ3v) is 2.62. The minimum absolute atomic E-state index is 0.844. The molecule has 1 aromatic rings. The molecule has 1 aromatic carbocycles. The second-order valence-electron chi connectivity index (χ2n) is 3.84. The van der Waals surface area contributed by atoms with Gasteiger partial charge in [-0.1, -0.05) is 30.7 Å². The topological polar surface area (TPSA) is 12.0 Å². The number of halogens is 1. The average Bonchev–Trinajstić information content (AvgIpc) is 2.23. The van der Waals surface area contributed by atoms with Gasteiger partial charge in [0.1, 0.15) is 0 Å². The van der Waals surface area contributed by atoms with Crippen molar-refractivity contribution < 1.29 is 0 Å². The molecule has 1 rings (SSSR count). The fourth-order valence-corrected chi connectivity index (χ4v) is 1.79. The van der Waals surface area contributed by atoms with Crippen LogP contribution in [0.4, 0.5) is 0 Å². The molecule has 0 saturated carbocycles. The van der Waals surface area contributed by atoms with E-state index in [1.165, 1.54) is 24.8 Å². The first kappa shape index (κ1) is 12.5. The summed E-state index contributed by atoms with van der Waals surface area (Å²) in [6.07, 6.45) is 4.83. The minimum atomic E-state index is 0.844. The van der Waals surface area contributed by atoms with Gasteiger partial charge in [-0.3, -0.25) is 0 Å². The molecule has 84 valence electrons. The first-order chi connectivity index (χ1) is 7.33. The van der Waals surface area contributed by atoms with Crippen LogP contribution in [0.2, 0.25) is 5.02 Å². The lowest BCUT2D eigenvalue weighted by molar-refractivity contribution is 0.617. The van der Waals surface area contributed by atoms with Crippen LogP contribution in [0.1, 0.15) is 31.7 Å². The van der Waals surface area contributed by atoms with E-state index in [2.05, 4.69) is 24.4 Å². The van der Waals surface area contributed by atoms with Gasteiger partial charge in [0.25, 0.3) is 0 Å². The molecule has 0 atom stereocenters. The molecule has 0 radical (unpaired) electrons. The Balaban J connectivity index is 2.10. The number of aryl methyl sites for hydroxylation is 1. The molecule has 0 spiro atoms. The van der Waals surface area contributed by atoms with E-state index in [-0.39, 0.29) is 0 Å². The number of rotatable bonds is 7. The van der Waals surface area contributed by atoms with E-state index < -0.39 is 0 Å². The van der Waals surface area contributed by atoms with Crippen molar-refractivity contribution in [3.8, 4) is 0 Å². The van der Waals surface area contributed by atoms with Crippen LogP contribution in [0.25, 0.3) is 0 Å². The van der Waals surface area contributed by atoms with Crippen molar-refractivity contribution in [2.45, 2.75) is 32.6 Å². The van der Waals surface area contributed by atoms with Crippen LogP contribution in [-0.2, 0) is 6.42 Å². The number of nitrogens with one attached hydrogen (secondary N) is 1. The summed E-state index contributed by atoms with van der Waals surface area (Å²) in [5.74, 6) is 0. The molecular formula is C13H20ClN. The van der Waals surface area contributed by atoms with E-state index in [0.717, 1.165) is 24.5 Å². The van der Waals surface area contributed by atoms with E-state index in [1.807, 2.05) is 12.1 Å². The van der Waals surface area contributed by atoms with Crippen LogP contribution in [0.5, 0.6) is 0 Å². The lowest BCUT2D eigenvalue weighted by atomic mass is 10.1. The molecule has 0 aliphatic heterocycles. The Kier molecular flexibility index (Phi) is 6.45. The van der Waals surface area contributed by atoms with E-state index in [4.69, 9.17) is 11.6 Å². The summed E-state index contributed by atoms with van der Waals surface area (Å²) in [5.41, 5.74) is 1.35. The van der Waals surface area contributed by atoms with E-state index in [9.17, 15) is 0 Å². The van der Waals surface area contributed by atoms with Crippen molar-refractivity contribution >= 4 is 11.6 Å². The minimum Gasteiger partial charge on any atom is -0.317 e. The number of hydrogen-bond acceptors (Lipinski definition) is 1. The van der Waals surface area contributed by atoms with Gasteiger partial charge in [-0.05, 0) is 56.5 Å². The smallest absolute Gasteiger partial charge is 0.0408 e. The van der Waals surface area contributed by atoms with Gasteiger partial charge in [0.05, 0.1) is 0 Å². The molecular weight excluding hydrogens is 206 g/mol. The standard InChI is InChI=1S/C13H20ClN/c1-2-9-15-10-4-3-6-12-7-5-8-13(14)11-12/h5,7-8,11,15H,2-4,6,9-10H2,1H3. The molecule has 1 N–H and O–H groups in total. The van der Waals surface area contributed by atoms with Gasteiger partial charge >= 0.3 is 0 Å². The van der Waals surface area contributed by atoms with Gasteiger partial charge in [-0.15, -0.1) is 0 Å². The van der Waals surface area contributed by atoms with E-state index in [0.29, 0.717) is 0 Å². The molecule has 0 bridgehead atoms. The van der Waals surface area contributed by atoms with Crippen LogP contribution in [0, 0.1) is 0 Å². The Bertz CT molecular complexity index is 273. The Morgan fingerprint density at radius 2 is 2.07 bits per heavy atom. The molecule has 0 fully saturated rings. The van der Waals surface area contributed by atoms with Crippen molar-refractivity contribution in [3.63, 3.8) is 0 Å². The van der Waals surface area contributed by atoms with Gasteiger partial charge in [-0.2, -0.15) is 0 Å². The quantitative estimate of drug-likeness (QED) is 0.699. The number of unbranched alkanes of at least 4 members (excludes halogenated alkanes) is 1. The van der Waals surface area contributed by atoms with Crippen molar-refractivity contribution in [2.75, 3.05) is 13.1 Å². The van der Waals surface area contributed by atoms with E-state index in [1.54, 1.807) is 0 Å². The monoisotopic (exact) mass is 225 g/mol. The molecule has 0 aliphatic carbocycles. The highest BCUT2D eigenvalue weighted by Crippen LogP contribution is 2.12. The number of hydrogen-bond donors (Lipinski definition) is 1. The maximum absolute atomic E-state index is 5.91. The maximum atomic E-state index is 5.91. The summed E-state index contributed by atoms with van der Waals surface area (Å²) >= 11 is 5.91. The van der Waals surface area contributed by atoms with Gasteiger partial charge in [-0.25, -0.2) is 0 Å². The Morgan fingerprint density at radius 3 is 2.80 bits per heavy atom. The maximum Gasteiger partial charge on any atom is 0.0408 e. The van der Waals surface area contributed by atoms with E-state index >= 15 is 0 Å². The predicted molar refractivity (Wildman–Crippen MR) is 67.6 cm³/mol. The summed E-state index contributed by atoms with van der Waals surface area (Å²) in [5, 5.41) is 4.25. The first-order valence-electron chi connectivity index (χ1n) is 5.78. The molecule has 0 aromatic heterocycles. The lowest BCUT2D eigenvalue weighted by Crippen LogP contribution is -2.15. The highest BCUT2D eigenvalue weighted by Gasteiger charge is 1.94. The molecule has 15 heavy (non-hydrogen) atoms. The fraction of sp³-hybridized carbons (Fsp3) is 0.538. The van der Waals surface area contributed by atoms with Crippen LogP contribution in [0.3, 0.4) is 0 Å². The fourth-order valence-electron chi connectivity index (χ4n) is 1.57. The summed E-state index contributed by atoms with van der Waals surface area (Å²) < 4.78 is 0. The Labute approximate surface area is 97.8 Å². The third-order valence-electron chi connectivity index (χ3n) is 2.38. The molecule has 0 amide bonds. The summed E-state index contributed by atoms with van der Waals surface area (Å²) in [7, 11) is 0. The summed E-state index contributed by atoms with van der Waals surface area (Å²) in [4.78, 5) is 0. The SMILES string of the molecule is CCCNCCCCc1cccc(Cl)c1. The highest BCUT2D eigenvalue weighted by molar-refractivity contribution is 6.30. The second-order valence-corrected chi connectivity index (χ2v) is 4.27. The predicted octanol–water partition coefficient (Wildman–Crippen LogP) is 3.66.